The Labute approximate surface area is 99.0 Å². The molecule has 0 spiro atoms. The van der Waals surface area contributed by atoms with Gasteiger partial charge in [0.2, 0.25) is 0 Å². The third-order valence-corrected chi connectivity index (χ3v) is 4.89. The van der Waals surface area contributed by atoms with Crippen LogP contribution in [-0.4, -0.2) is 18.5 Å². The van der Waals surface area contributed by atoms with Crippen LogP contribution < -0.4 is 5.32 Å². The molecule has 0 radical (unpaired) electrons. The van der Waals surface area contributed by atoms with Gasteiger partial charge in [-0.2, -0.15) is 0 Å². The van der Waals surface area contributed by atoms with Crippen molar-refractivity contribution in [2.75, 3.05) is 12.4 Å². The molecule has 1 nitrogen and oxygen atoms in total. The van der Waals surface area contributed by atoms with Crippen LogP contribution in [-0.2, 0) is 0 Å². The second-order valence-corrected chi connectivity index (χ2v) is 5.82. The zero-order chi connectivity index (χ0) is 10.6. The molecule has 2 aliphatic rings. The number of alkyl halides is 1. The Bertz CT molecular complexity index is 181. The molecule has 2 heteroatoms. The largest absolute Gasteiger partial charge is 0.313 e. The van der Waals surface area contributed by atoms with Gasteiger partial charge in [0.1, 0.15) is 0 Å². The standard InChI is InChI=1S/C13H24ClN/c14-10-13(8-4-1-5-9-13)11-15-12-6-2-3-7-12/h12,15H,1-11H2. The Balaban J connectivity index is 1.78. The number of rotatable bonds is 4. The molecule has 2 rings (SSSR count). The van der Waals surface area contributed by atoms with Gasteiger partial charge >= 0.3 is 0 Å². The maximum Gasteiger partial charge on any atom is 0.0292 e. The molecular weight excluding hydrogens is 206 g/mol. The van der Waals surface area contributed by atoms with Crippen LogP contribution in [0.4, 0.5) is 0 Å². The van der Waals surface area contributed by atoms with Gasteiger partial charge in [-0.05, 0) is 31.1 Å². The first-order valence-corrected chi connectivity index (χ1v) is 7.17. The smallest absolute Gasteiger partial charge is 0.0292 e. The summed E-state index contributed by atoms with van der Waals surface area (Å²) in [5.74, 6) is 0.854. The van der Waals surface area contributed by atoms with Gasteiger partial charge in [-0.15, -0.1) is 11.6 Å². The fourth-order valence-electron chi connectivity index (χ4n) is 3.15. The van der Waals surface area contributed by atoms with Crippen molar-refractivity contribution in [3.63, 3.8) is 0 Å². The van der Waals surface area contributed by atoms with E-state index in [2.05, 4.69) is 5.32 Å². The van der Waals surface area contributed by atoms with Crippen LogP contribution in [0.1, 0.15) is 57.8 Å². The van der Waals surface area contributed by atoms with Gasteiger partial charge in [-0.1, -0.05) is 32.1 Å². The molecule has 0 aliphatic heterocycles. The van der Waals surface area contributed by atoms with E-state index in [0.717, 1.165) is 11.9 Å². The van der Waals surface area contributed by atoms with Crippen molar-refractivity contribution >= 4 is 11.6 Å². The molecule has 0 atom stereocenters. The molecular formula is C13H24ClN. The third-order valence-electron chi connectivity index (χ3n) is 4.32. The summed E-state index contributed by atoms with van der Waals surface area (Å²) < 4.78 is 0. The molecule has 15 heavy (non-hydrogen) atoms. The van der Waals surface area contributed by atoms with Crippen LogP contribution in [0.2, 0.25) is 0 Å². The van der Waals surface area contributed by atoms with Gasteiger partial charge in [0.25, 0.3) is 0 Å². The predicted molar refractivity (Wildman–Crippen MR) is 66.5 cm³/mol. The number of hydrogen-bond donors (Lipinski definition) is 1. The third kappa shape index (κ3) is 3.10. The van der Waals surface area contributed by atoms with Crippen LogP contribution >= 0.6 is 11.6 Å². The van der Waals surface area contributed by atoms with E-state index in [1.54, 1.807) is 0 Å². The van der Waals surface area contributed by atoms with Gasteiger partial charge in [0, 0.05) is 18.5 Å². The summed E-state index contributed by atoms with van der Waals surface area (Å²) in [4.78, 5) is 0. The summed E-state index contributed by atoms with van der Waals surface area (Å²) in [6.45, 7) is 1.17. The van der Waals surface area contributed by atoms with Crippen LogP contribution in [0.15, 0.2) is 0 Å². The van der Waals surface area contributed by atoms with Crippen LogP contribution in [0.5, 0.6) is 0 Å². The summed E-state index contributed by atoms with van der Waals surface area (Å²) in [5, 5.41) is 3.76. The molecule has 2 saturated carbocycles. The van der Waals surface area contributed by atoms with Gasteiger partial charge in [-0.3, -0.25) is 0 Å². The predicted octanol–water partition coefficient (Wildman–Crippen LogP) is 3.71. The highest BCUT2D eigenvalue weighted by Crippen LogP contribution is 2.37. The number of hydrogen-bond acceptors (Lipinski definition) is 1. The molecule has 2 fully saturated rings. The van der Waals surface area contributed by atoms with E-state index in [9.17, 15) is 0 Å². The number of halogens is 1. The van der Waals surface area contributed by atoms with Crippen molar-refractivity contribution in [2.24, 2.45) is 5.41 Å². The highest BCUT2D eigenvalue weighted by molar-refractivity contribution is 6.18. The van der Waals surface area contributed by atoms with E-state index < -0.39 is 0 Å². The van der Waals surface area contributed by atoms with Crippen LogP contribution in [0.25, 0.3) is 0 Å². The van der Waals surface area contributed by atoms with Gasteiger partial charge in [-0.25, -0.2) is 0 Å². The summed E-state index contributed by atoms with van der Waals surface area (Å²) in [6, 6.07) is 0.798. The number of nitrogens with one attached hydrogen (secondary N) is 1. The first-order valence-electron chi connectivity index (χ1n) is 6.64. The van der Waals surface area contributed by atoms with Crippen LogP contribution in [0.3, 0.4) is 0 Å². The fraction of sp³-hybridized carbons (Fsp3) is 1.00. The van der Waals surface area contributed by atoms with E-state index in [4.69, 9.17) is 11.6 Å². The minimum absolute atomic E-state index is 0.433. The Morgan fingerprint density at radius 2 is 1.67 bits per heavy atom. The quantitative estimate of drug-likeness (QED) is 0.725. The minimum Gasteiger partial charge on any atom is -0.313 e. The highest BCUT2D eigenvalue weighted by atomic mass is 35.5. The molecule has 0 bridgehead atoms. The lowest BCUT2D eigenvalue weighted by molar-refractivity contribution is 0.204. The van der Waals surface area contributed by atoms with Crippen molar-refractivity contribution < 1.29 is 0 Å². The molecule has 0 amide bonds. The van der Waals surface area contributed by atoms with Gasteiger partial charge in [0.05, 0.1) is 0 Å². The lowest BCUT2D eigenvalue weighted by Gasteiger charge is -2.36. The molecule has 88 valence electrons. The average molecular weight is 230 g/mol. The first-order chi connectivity index (χ1) is 7.35. The normalized spacial score (nSPS) is 27.0. The molecule has 2 aliphatic carbocycles. The maximum absolute atomic E-state index is 6.18. The molecule has 1 N–H and O–H groups in total. The SMILES string of the molecule is ClCC1(CNC2CCCC2)CCCCC1. The van der Waals surface area contributed by atoms with Crippen molar-refractivity contribution in [2.45, 2.75) is 63.8 Å². The first kappa shape index (κ1) is 11.7. The molecule has 0 saturated heterocycles. The fourth-order valence-corrected chi connectivity index (χ4v) is 3.51. The zero-order valence-corrected chi connectivity index (χ0v) is 10.5. The van der Waals surface area contributed by atoms with Crippen molar-refractivity contribution in [3.8, 4) is 0 Å². The van der Waals surface area contributed by atoms with E-state index in [0.29, 0.717) is 5.41 Å². The zero-order valence-electron chi connectivity index (χ0n) is 9.73. The lowest BCUT2D eigenvalue weighted by atomic mass is 9.75. The van der Waals surface area contributed by atoms with Crippen molar-refractivity contribution in [1.29, 1.82) is 0 Å². The van der Waals surface area contributed by atoms with Crippen LogP contribution in [0, 0.1) is 5.41 Å². The summed E-state index contributed by atoms with van der Waals surface area (Å²) in [5.41, 5.74) is 0.433. The Hall–Kier alpha value is 0.250. The lowest BCUT2D eigenvalue weighted by Crippen LogP contribution is -2.41. The van der Waals surface area contributed by atoms with E-state index in [1.165, 1.54) is 64.3 Å². The molecule has 0 aromatic rings. The topological polar surface area (TPSA) is 12.0 Å². The van der Waals surface area contributed by atoms with E-state index >= 15 is 0 Å². The van der Waals surface area contributed by atoms with E-state index in [-0.39, 0.29) is 0 Å². The van der Waals surface area contributed by atoms with Crippen molar-refractivity contribution in [1.82, 2.24) is 5.32 Å². The molecule has 0 aromatic carbocycles. The minimum atomic E-state index is 0.433. The highest BCUT2D eigenvalue weighted by Gasteiger charge is 2.31. The maximum atomic E-state index is 6.18. The second-order valence-electron chi connectivity index (χ2n) is 5.56. The van der Waals surface area contributed by atoms with Crippen molar-refractivity contribution in [3.05, 3.63) is 0 Å². The summed E-state index contributed by atoms with van der Waals surface area (Å²) in [6.07, 6.45) is 12.5. The Kier molecular flexibility index (Phi) is 4.33. The molecule has 0 unspecified atom stereocenters. The summed E-state index contributed by atoms with van der Waals surface area (Å²) >= 11 is 6.18. The van der Waals surface area contributed by atoms with Gasteiger partial charge in [0.15, 0.2) is 0 Å². The van der Waals surface area contributed by atoms with E-state index in [1.807, 2.05) is 0 Å². The van der Waals surface area contributed by atoms with Gasteiger partial charge < -0.3 is 5.32 Å². The second kappa shape index (κ2) is 5.54. The average Bonchev–Trinajstić information content (AvgIpc) is 2.81. The molecule has 0 aromatic heterocycles. The monoisotopic (exact) mass is 229 g/mol. The summed E-state index contributed by atoms with van der Waals surface area (Å²) in [7, 11) is 0. The Morgan fingerprint density at radius 3 is 2.27 bits per heavy atom. The molecule has 0 heterocycles. The Morgan fingerprint density at radius 1 is 1.00 bits per heavy atom.